The highest BCUT2D eigenvalue weighted by molar-refractivity contribution is 6.36. The zero-order chi connectivity index (χ0) is 22.4. The SMILES string of the molecule is CCc1ccc(NC2=C(c3ccc(OC)c(OC)c3)C(=O)N(CCCOC)C2=O)cc1. The number of amides is 2. The molecular weight excluding hydrogens is 396 g/mol. The maximum atomic E-state index is 13.3. The van der Waals surface area contributed by atoms with Crippen molar-refractivity contribution >= 4 is 23.1 Å². The van der Waals surface area contributed by atoms with Crippen molar-refractivity contribution in [3.63, 3.8) is 0 Å². The van der Waals surface area contributed by atoms with Crippen LogP contribution in [0.4, 0.5) is 5.69 Å². The van der Waals surface area contributed by atoms with Gasteiger partial charge in [0, 0.05) is 25.9 Å². The molecule has 3 rings (SSSR count). The van der Waals surface area contributed by atoms with Crippen molar-refractivity contribution < 1.29 is 23.8 Å². The maximum absolute atomic E-state index is 13.3. The molecule has 0 fully saturated rings. The molecule has 2 aromatic rings. The quantitative estimate of drug-likeness (QED) is 0.465. The van der Waals surface area contributed by atoms with Crippen molar-refractivity contribution in [2.45, 2.75) is 19.8 Å². The summed E-state index contributed by atoms with van der Waals surface area (Å²) >= 11 is 0. The van der Waals surface area contributed by atoms with E-state index >= 15 is 0 Å². The van der Waals surface area contributed by atoms with Gasteiger partial charge < -0.3 is 19.5 Å². The highest BCUT2D eigenvalue weighted by Crippen LogP contribution is 2.35. The minimum atomic E-state index is -0.356. The Morgan fingerprint density at radius 1 is 0.903 bits per heavy atom. The Hall–Kier alpha value is -3.32. The molecule has 0 atom stereocenters. The Morgan fingerprint density at radius 3 is 2.23 bits per heavy atom. The number of hydrogen-bond acceptors (Lipinski definition) is 6. The average Bonchev–Trinajstić information content (AvgIpc) is 3.03. The minimum absolute atomic E-state index is 0.249. The number of methoxy groups -OCH3 is 3. The lowest BCUT2D eigenvalue weighted by atomic mass is 10.0. The zero-order valence-corrected chi connectivity index (χ0v) is 18.4. The summed E-state index contributed by atoms with van der Waals surface area (Å²) in [5.41, 5.74) is 3.07. The molecule has 0 aliphatic carbocycles. The fourth-order valence-corrected chi connectivity index (χ4v) is 3.49. The first-order valence-corrected chi connectivity index (χ1v) is 10.2. The van der Waals surface area contributed by atoms with Crippen molar-refractivity contribution in [2.24, 2.45) is 0 Å². The van der Waals surface area contributed by atoms with E-state index in [-0.39, 0.29) is 24.1 Å². The second-order valence-corrected chi connectivity index (χ2v) is 7.10. The molecule has 0 bridgehead atoms. The Labute approximate surface area is 182 Å². The van der Waals surface area contributed by atoms with Gasteiger partial charge in [-0.15, -0.1) is 0 Å². The van der Waals surface area contributed by atoms with Gasteiger partial charge in [0.05, 0.1) is 19.8 Å². The van der Waals surface area contributed by atoms with Crippen molar-refractivity contribution in [1.29, 1.82) is 0 Å². The predicted molar refractivity (Wildman–Crippen MR) is 119 cm³/mol. The fraction of sp³-hybridized carbons (Fsp3) is 0.333. The number of hydrogen-bond donors (Lipinski definition) is 1. The Balaban J connectivity index is 2.02. The van der Waals surface area contributed by atoms with Crippen molar-refractivity contribution in [3.05, 3.63) is 59.3 Å². The summed E-state index contributed by atoms with van der Waals surface area (Å²) in [6.45, 7) is 2.82. The second kappa shape index (κ2) is 10.1. The van der Waals surface area contributed by atoms with Crippen LogP contribution in [0.1, 0.15) is 24.5 Å². The third kappa shape index (κ3) is 4.72. The van der Waals surface area contributed by atoms with Crippen LogP contribution in [-0.2, 0) is 20.7 Å². The normalized spacial score (nSPS) is 13.7. The van der Waals surface area contributed by atoms with Gasteiger partial charge in [0.1, 0.15) is 5.70 Å². The van der Waals surface area contributed by atoms with Gasteiger partial charge in [-0.25, -0.2) is 0 Å². The van der Waals surface area contributed by atoms with E-state index in [1.165, 1.54) is 17.6 Å². The van der Waals surface area contributed by atoms with Crippen molar-refractivity contribution in [3.8, 4) is 11.5 Å². The van der Waals surface area contributed by atoms with Gasteiger partial charge in [0.15, 0.2) is 11.5 Å². The molecule has 1 aliphatic heterocycles. The summed E-state index contributed by atoms with van der Waals surface area (Å²) in [5, 5.41) is 3.17. The van der Waals surface area contributed by atoms with Gasteiger partial charge in [-0.05, 0) is 48.2 Å². The van der Waals surface area contributed by atoms with Gasteiger partial charge in [0.2, 0.25) is 0 Å². The second-order valence-electron chi connectivity index (χ2n) is 7.10. The van der Waals surface area contributed by atoms with Crippen molar-refractivity contribution in [2.75, 3.05) is 39.8 Å². The number of carbonyl (C=O) groups is 2. The van der Waals surface area contributed by atoms with Gasteiger partial charge in [-0.1, -0.05) is 25.1 Å². The lowest BCUT2D eigenvalue weighted by Gasteiger charge is -2.15. The summed E-state index contributed by atoms with van der Waals surface area (Å²) in [6, 6.07) is 13.0. The third-order valence-corrected chi connectivity index (χ3v) is 5.20. The van der Waals surface area contributed by atoms with Crippen LogP contribution < -0.4 is 14.8 Å². The molecule has 164 valence electrons. The van der Waals surface area contributed by atoms with E-state index in [1.54, 1.807) is 32.4 Å². The van der Waals surface area contributed by atoms with Crippen LogP contribution in [0.25, 0.3) is 5.57 Å². The number of imide groups is 1. The molecule has 0 radical (unpaired) electrons. The number of aryl methyl sites for hydroxylation is 1. The smallest absolute Gasteiger partial charge is 0.278 e. The van der Waals surface area contributed by atoms with Crippen LogP contribution in [-0.4, -0.2) is 51.2 Å². The number of anilines is 1. The average molecular weight is 424 g/mol. The number of carbonyl (C=O) groups excluding carboxylic acids is 2. The number of nitrogens with one attached hydrogen (secondary N) is 1. The van der Waals surface area contributed by atoms with E-state index in [4.69, 9.17) is 14.2 Å². The van der Waals surface area contributed by atoms with Gasteiger partial charge in [0.25, 0.3) is 11.8 Å². The molecule has 1 heterocycles. The first-order valence-electron chi connectivity index (χ1n) is 10.2. The predicted octanol–water partition coefficient (Wildman–Crippen LogP) is 3.49. The van der Waals surface area contributed by atoms with Crippen LogP contribution in [0.15, 0.2) is 48.2 Å². The van der Waals surface area contributed by atoms with E-state index in [1.807, 2.05) is 24.3 Å². The summed E-state index contributed by atoms with van der Waals surface area (Å²) < 4.78 is 15.8. The van der Waals surface area contributed by atoms with Gasteiger partial charge in [-0.3, -0.25) is 14.5 Å². The molecule has 1 aliphatic rings. The molecule has 2 aromatic carbocycles. The number of nitrogens with zero attached hydrogens (tertiary/aromatic N) is 1. The summed E-state index contributed by atoms with van der Waals surface area (Å²) in [5.74, 6) is 0.328. The highest BCUT2D eigenvalue weighted by atomic mass is 16.5. The summed E-state index contributed by atoms with van der Waals surface area (Å²) in [4.78, 5) is 27.7. The molecular formula is C24H28N2O5. The molecule has 7 nitrogen and oxygen atoms in total. The molecule has 0 unspecified atom stereocenters. The van der Waals surface area contributed by atoms with E-state index < -0.39 is 0 Å². The van der Waals surface area contributed by atoms with E-state index in [0.29, 0.717) is 35.7 Å². The Kier molecular flexibility index (Phi) is 7.31. The topological polar surface area (TPSA) is 77.1 Å². The molecule has 0 aromatic heterocycles. The highest BCUT2D eigenvalue weighted by Gasteiger charge is 2.39. The van der Waals surface area contributed by atoms with E-state index in [9.17, 15) is 9.59 Å². The lowest BCUT2D eigenvalue weighted by Crippen LogP contribution is -2.33. The van der Waals surface area contributed by atoms with Crippen LogP contribution in [0.5, 0.6) is 11.5 Å². The van der Waals surface area contributed by atoms with Gasteiger partial charge in [-0.2, -0.15) is 0 Å². The molecule has 0 saturated carbocycles. The molecule has 1 N–H and O–H groups in total. The van der Waals surface area contributed by atoms with Crippen LogP contribution >= 0.6 is 0 Å². The number of ether oxygens (including phenoxy) is 3. The third-order valence-electron chi connectivity index (χ3n) is 5.20. The summed E-state index contributed by atoms with van der Waals surface area (Å²) in [6.07, 6.45) is 1.48. The zero-order valence-electron chi connectivity index (χ0n) is 18.4. The Morgan fingerprint density at radius 2 is 1.61 bits per heavy atom. The Bertz CT molecular complexity index is 982. The van der Waals surface area contributed by atoms with Gasteiger partial charge >= 0.3 is 0 Å². The minimum Gasteiger partial charge on any atom is -0.493 e. The monoisotopic (exact) mass is 424 g/mol. The molecule has 0 spiro atoms. The molecule has 2 amide bonds. The summed E-state index contributed by atoms with van der Waals surface area (Å²) in [7, 11) is 4.67. The molecule has 7 heteroatoms. The van der Waals surface area contributed by atoms with Crippen molar-refractivity contribution in [1.82, 2.24) is 4.90 Å². The van der Waals surface area contributed by atoms with Crippen LogP contribution in [0, 0.1) is 0 Å². The molecule has 0 saturated heterocycles. The van der Waals surface area contributed by atoms with Crippen LogP contribution in [0.2, 0.25) is 0 Å². The molecule has 31 heavy (non-hydrogen) atoms. The number of rotatable bonds is 10. The van der Waals surface area contributed by atoms with E-state index in [2.05, 4.69) is 12.2 Å². The maximum Gasteiger partial charge on any atom is 0.278 e. The number of benzene rings is 2. The largest absolute Gasteiger partial charge is 0.493 e. The van der Waals surface area contributed by atoms with E-state index in [0.717, 1.165) is 12.1 Å². The fourth-order valence-electron chi connectivity index (χ4n) is 3.49. The lowest BCUT2D eigenvalue weighted by molar-refractivity contribution is -0.136. The van der Waals surface area contributed by atoms with Crippen LogP contribution in [0.3, 0.4) is 0 Å². The first kappa shape index (κ1) is 22.4. The standard InChI is InChI=1S/C24H28N2O5/c1-5-16-7-10-18(11-8-16)25-22-21(17-9-12-19(30-3)20(15-17)31-4)23(27)26(24(22)28)13-6-14-29-2/h7-12,15,25H,5-6,13-14H2,1-4H3. The first-order chi connectivity index (χ1) is 15.0.